The van der Waals surface area contributed by atoms with Gasteiger partial charge in [0.05, 0.1) is 29.4 Å². The second kappa shape index (κ2) is 20.7. The summed E-state index contributed by atoms with van der Waals surface area (Å²) in [5.41, 5.74) is 28.9. The topological polar surface area (TPSA) is 32.3 Å². The zero-order valence-electron chi connectivity index (χ0n) is 44.0. The van der Waals surface area contributed by atoms with Crippen molar-refractivity contribution in [3.05, 3.63) is 284 Å². The van der Waals surface area contributed by atoms with Gasteiger partial charge in [0.25, 0.3) is 0 Å². The molecule has 12 aromatic rings. The number of para-hydroxylation sites is 2. The Morgan fingerprint density at radius 3 is 1.27 bits per heavy atom. The molecule has 0 fully saturated rings. The van der Waals surface area contributed by atoms with Crippen LogP contribution in [0.4, 0.5) is 17.1 Å². The first-order valence-electron chi connectivity index (χ1n) is 26.8. The van der Waals surface area contributed by atoms with Crippen LogP contribution in [-0.2, 0) is 0 Å². The lowest BCUT2D eigenvalue weighted by Crippen LogP contribution is -2.23. The molecule has 0 unspecified atom stereocenters. The summed E-state index contributed by atoms with van der Waals surface area (Å²) in [6, 6.07) is 94.8. The number of hydrogen-bond acceptors (Lipinski definition) is 4. The fraction of sp³-hybridized carbons (Fsp3) is 0.0541. The van der Waals surface area contributed by atoms with Crippen LogP contribution in [0.15, 0.2) is 273 Å². The number of nitrogens with zero attached hydrogens (tertiary/aromatic N) is 4. The van der Waals surface area contributed by atoms with Gasteiger partial charge in [0.1, 0.15) is 0 Å². The molecule has 372 valence electrons. The number of aryl methyl sites for hydroxylation is 2. The monoisotopic (exact) mass is 1000 g/mol. The fourth-order valence-electron chi connectivity index (χ4n) is 11.4. The predicted octanol–water partition coefficient (Wildman–Crippen LogP) is 19.3. The normalized spacial score (nSPS) is 11.9. The molecule has 4 nitrogen and oxygen atoms in total. The van der Waals surface area contributed by atoms with E-state index in [0.717, 1.165) is 79.3 Å². The van der Waals surface area contributed by atoms with Crippen LogP contribution in [0, 0.1) is 13.8 Å². The molecule has 4 heteroatoms. The van der Waals surface area contributed by atoms with Gasteiger partial charge in [-0.1, -0.05) is 200 Å². The summed E-state index contributed by atoms with van der Waals surface area (Å²) < 4.78 is 0. The highest BCUT2D eigenvalue weighted by atomic mass is 15.4. The van der Waals surface area contributed by atoms with Gasteiger partial charge >= 0.3 is 0 Å². The number of pyridine rings is 2. The van der Waals surface area contributed by atoms with Crippen molar-refractivity contribution in [3.63, 3.8) is 0 Å². The highest BCUT2D eigenvalue weighted by Gasteiger charge is 2.24. The van der Waals surface area contributed by atoms with Gasteiger partial charge in [-0.25, -0.2) is 0 Å². The summed E-state index contributed by atoms with van der Waals surface area (Å²) in [5, 5.41) is 0. The average Bonchev–Trinajstić information content (AvgIpc) is 3.91. The van der Waals surface area contributed by atoms with E-state index in [-0.39, 0.29) is 0 Å². The Kier molecular flexibility index (Phi) is 12.7. The van der Waals surface area contributed by atoms with Gasteiger partial charge in [-0.05, 0) is 175 Å². The minimum absolute atomic E-state index is 0.808. The minimum Gasteiger partial charge on any atom is -0.355 e. The van der Waals surface area contributed by atoms with E-state index in [2.05, 4.69) is 284 Å². The van der Waals surface area contributed by atoms with Gasteiger partial charge in [-0.3, -0.25) is 9.97 Å². The fourth-order valence-corrected chi connectivity index (χ4v) is 11.4. The van der Waals surface area contributed by atoms with E-state index in [4.69, 9.17) is 4.98 Å². The number of aromatic nitrogens is 2. The van der Waals surface area contributed by atoms with Crippen molar-refractivity contribution in [1.82, 2.24) is 9.97 Å². The third-order valence-electron chi connectivity index (χ3n) is 15.4. The summed E-state index contributed by atoms with van der Waals surface area (Å²) in [5.74, 6) is 0. The Labute approximate surface area is 457 Å². The molecule has 0 aliphatic carbocycles. The SMILES string of the molecule is Cc1cc(-c2ccccc2)ccc1-c1cc(-c2ccc(-c3ccccc3-c3cc(-c4ccccc4-c4ccc(-c5ccccn5)cc4)cc(-c4ccccc4-c4ccc(N5CN(C)c6ccccc65)cc4)c3)cc2)ncc1C. The maximum atomic E-state index is 4.98. The van der Waals surface area contributed by atoms with E-state index in [1.54, 1.807) is 0 Å². The summed E-state index contributed by atoms with van der Waals surface area (Å²) in [4.78, 5) is 14.3. The van der Waals surface area contributed by atoms with Gasteiger partial charge in [0, 0.05) is 36.3 Å². The van der Waals surface area contributed by atoms with Crippen molar-refractivity contribution in [2.75, 3.05) is 23.5 Å². The molecule has 13 rings (SSSR count). The second-order valence-corrected chi connectivity index (χ2v) is 20.4. The highest BCUT2D eigenvalue weighted by molar-refractivity contribution is 5.95. The summed E-state index contributed by atoms with van der Waals surface area (Å²) in [6.07, 6.45) is 3.86. The van der Waals surface area contributed by atoms with Gasteiger partial charge in [-0.2, -0.15) is 0 Å². The molecule has 2 aromatic heterocycles. The second-order valence-electron chi connectivity index (χ2n) is 20.4. The molecule has 3 heterocycles. The molecule has 0 bridgehead atoms. The average molecular weight is 1000 g/mol. The van der Waals surface area contributed by atoms with Gasteiger partial charge in [0.15, 0.2) is 0 Å². The molecule has 1 aliphatic heterocycles. The number of hydrogen-bond donors (Lipinski definition) is 0. The molecule has 0 saturated carbocycles. The van der Waals surface area contributed by atoms with E-state index in [1.165, 1.54) is 67.1 Å². The van der Waals surface area contributed by atoms with Crippen LogP contribution in [0.1, 0.15) is 11.1 Å². The van der Waals surface area contributed by atoms with Gasteiger partial charge in [-0.15, -0.1) is 0 Å². The number of anilines is 3. The first kappa shape index (κ1) is 47.8. The first-order chi connectivity index (χ1) is 38.4. The summed E-state index contributed by atoms with van der Waals surface area (Å²) >= 11 is 0. The minimum atomic E-state index is 0.808. The lowest BCUT2D eigenvalue weighted by Gasteiger charge is -2.20. The molecule has 0 spiro atoms. The number of rotatable bonds is 11. The zero-order chi connectivity index (χ0) is 52.5. The molecule has 78 heavy (non-hydrogen) atoms. The Balaban J connectivity index is 0.888. The standard InChI is InChI=1S/C74H56N4/c1-50-43-58(52-17-5-4-6-18-52)38-41-63(50)70-47-72(76-48-51(70)2)57-34-30-54(31-35-57)65-20-8-11-23-68(65)60-44-59(67-22-10-7-19-64(67)53-28-32-56(33-29-53)71-25-15-16-42-75-71)45-61(46-60)69-24-12-9-21-66(69)55-36-39-62(40-37-55)78-49-77(3)73-26-13-14-27-74(73)78/h4-48H,49H2,1-3H3. The largest absolute Gasteiger partial charge is 0.355 e. The molecule has 0 atom stereocenters. The van der Waals surface area contributed by atoms with Crippen LogP contribution < -0.4 is 9.80 Å². The Morgan fingerprint density at radius 2 is 0.744 bits per heavy atom. The van der Waals surface area contributed by atoms with Crippen LogP contribution in [0.2, 0.25) is 0 Å². The predicted molar refractivity (Wildman–Crippen MR) is 328 cm³/mol. The number of benzene rings is 10. The zero-order valence-corrected chi connectivity index (χ0v) is 44.0. The molecule has 1 aliphatic rings. The van der Waals surface area contributed by atoms with E-state index in [1.807, 2.05) is 24.5 Å². The van der Waals surface area contributed by atoms with Crippen LogP contribution in [0.25, 0.3) is 112 Å². The molecule has 0 amide bonds. The quantitative estimate of drug-likeness (QED) is 0.129. The lowest BCUT2D eigenvalue weighted by molar-refractivity contribution is 0.950. The van der Waals surface area contributed by atoms with Crippen LogP contribution >= 0.6 is 0 Å². The van der Waals surface area contributed by atoms with Crippen molar-refractivity contribution < 1.29 is 0 Å². The first-order valence-corrected chi connectivity index (χ1v) is 26.8. The molecule has 10 aromatic carbocycles. The third kappa shape index (κ3) is 9.24. The Hall–Kier alpha value is -9.90. The van der Waals surface area contributed by atoms with Crippen molar-refractivity contribution >= 4 is 17.1 Å². The van der Waals surface area contributed by atoms with Crippen LogP contribution in [0.3, 0.4) is 0 Å². The molecule has 0 radical (unpaired) electrons. The molecule has 0 saturated heterocycles. The Bertz CT molecular complexity index is 4130. The third-order valence-corrected chi connectivity index (χ3v) is 15.4. The van der Waals surface area contributed by atoms with E-state index < -0.39 is 0 Å². The summed E-state index contributed by atoms with van der Waals surface area (Å²) in [7, 11) is 2.16. The lowest BCUT2D eigenvalue weighted by atomic mass is 9.86. The van der Waals surface area contributed by atoms with Gasteiger partial charge in [0.2, 0.25) is 0 Å². The van der Waals surface area contributed by atoms with Crippen LogP contribution in [0.5, 0.6) is 0 Å². The van der Waals surface area contributed by atoms with Crippen molar-refractivity contribution in [1.29, 1.82) is 0 Å². The maximum Gasteiger partial charge on any atom is 0.0950 e. The van der Waals surface area contributed by atoms with Crippen molar-refractivity contribution in [2.45, 2.75) is 13.8 Å². The highest BCUT2D eigenvalue weighted by Crippen LogP contribution is 2.45. The van der Waals surface area contributed by atoms with E-state index in [9.17, 15) is 0 Å². The van der Waals surface area contributed by atoms with Gasteiger partial charge < -0.3 is 9.80 Å². The van der Waals surface area contributed by atoms with E-state index in [0.29, 0.717) is 0 Å². The smallest absolute Gasteiger partial charge is 0.0950 e. The molecular formula is C74H56N4. The van der Waals surface area contributed by atoms with Crippen molar-refractivity contribution in [3.8, 4) is 112 Å². The summed E-state index contributed by atoms with van der Waals surface area (Å²) in [6.45, 7) is 5.17. The van der Waals surface area contributed by atoms with E-state index >= 15 is 0 Å². The van der Waals surface area contributed by atoms with Crippen molar-refractivity contribution in [2.24, 2.45) is 0 Å². The molecular weight excluding hydrogens is 945 g/mol. The van der Waals surface area contributed by atoms with Crippen LogP contribution in [-0.4, -0.2) is 23.7 Å². The number of fused-ring (bicyclic) bond motifs is 1. The Morgan fingerprint density at radius 1 is 0.295 bits per heavy atom. The maximum absolute atomic E-state index is 4.98. The molecule has 0 N–H and O–H groups in total.